The van der Waals surface area contributed by atoms with E-state index in [0.717, 1.165) is 6.07 Å². The van der Waals surface area contributed by atoms with Crippen LogP contribution in [0.2, 0.25) is 0 Å². The Morgan fingerprint density at radius 1 is 0.674 bits per heavy atom. The molecular weight excluding hydrogens is 564 g/mol. The Kier molecular flexibility index (Phi) is 10.5. The second kappa shape index (κ2) is 14.0. The lowest BCUT2D eigenvalue weighted by atomic mass is 10.2. The van der Waals surface area contributed by atoms with Crippen molar-refractivity contribution in [2.75, 3.05) is 17.7 Å². The number of esters is 1. The van der Waals surface area contributed by atoms with Gasteiger partial charge in [0.1, 0.15) is 22.8 Å². The third-order valence-electron chi connectivity index (χ3n) is 5.16. The van der Waals surface area contributed by atoms with Crippen LogP contribution in [0.3, 0.4) is 0 Å². The van der Waals surface area contributed by atoms with Gasteiger partial charge in [0, 0.05) is 6.07 Å². The van der Waals surface area contributed by atoms with Crippen molar-refractivity contribution in [3.05, 3.63) is 63.6 Å². The number of anilines is 2. The lowest BCUT2D eigenvalue weighted by Gasteiger charge is -2.16. The molecule has 15 heteroatoms. The van der Waals surface area contributed by atoms with E-state index in [1.54, 1.807) is 41.5 Å². The summed E-state index contributed by atoms with van der Waals surface area (Å²) in [5.74, 6) is -2.40. The molecule has 228 valence electrons. The van der Waals surface area contributed by atoms with Crippen LogP contribution in [-0.4, -0.2) is 63.1 Å². The Labute approximate surface area is 247 Å². The number of hydrogen-bond acceptors (Lipinski definition) is 12. The standard InChI is InChI=1S/C28H32N6O9/c1-14(2)41-25-19(29-24(36)18-12-13-22(34(38)39)27(32-18)43-16(5)6)9-8-17(31-25)23(35)30-20-10-11-21(28(37)40-7)33-26(20)42-15(3)4/h8-16H,1-7H3,(H,29,36)(H,30,35). The fraction of sp³-hybridized carbons (Fsp3) is 0.357. The lowest BCUT2D eigenvalue weighted by molar-refractivity contribution is -0.386. The van der Waals surface area contributed by atoms with Crippen LogP contribution in [-0.2, 0) is 4.74 Å². The number of carbonyl (C=O) groups excluding carboxylic acids is 3. The summed E-state index contributed by atoms with van der Waals surface area (Å²) in [4.78, 5) is 61.2. The zero-order chi connectivity index (χ0) is 31.8. The van der Waals surface area contributed by atoms with E-state index < -0.39 is 28.8 Å². The quantitative estimate of drug-likeness (QED) is 0.170. The average Bonchev–Trinajstić information content (AvgIpc) is 2.93. The minimum atomic E-state index is -0.719. The number of nitrogens with one attached hydrogen (secondary N) is 2. The highest BCUT2D eigenvalue weighted by Crippen LogP contribution is 2.29. The number of methoxy groups -OCH3 is 1. The van der Waals surface area contributed by atoms with Gasteiger partial charge in [-0.05, 0) is 71.9 Å². The first-order valence-electron chi connectivity index (χ1n) is 13.2. The highest BCUT2D eigenvalue weighted by molar-refractivity contribution is 6.06. The zero-order valence-corrected chi connectivity index (χ0v) is 24.7. The van der Waals surface area contributed by atoms with Gasteiger partial charge < -0.3 is 29.6 Å². The molecule has 3 heterocycles. The van der Waals surface area contributed by atoms with Crippen LogP contribution in [0.4, 0.5) is 17.1 Å². The molecule has 0 aliphatic carbocycles. The smallest absolute Gasteiger partial charge is 0.356 e. The normalized spacial score (nSPS) is 10.8. The maximum atomic E-state index is 13.2. The summed E-state index contributed by atoms with van der Waals surface area (Å²) in [6.07, 6.45) is -1.12. The third kappa shape index (κ3) is 8.58. The van der Waals surface area contributed by atoms with Crippen LogP contribution < -0.4 is 24.8 Å². The van der Waals surface area contributed by atoms with Crippen molar-refractivity contribution in [1.29, 1.82) is 0 Å². The van der Waals surface area contributed by atoms with Crippen LogP contribution in [0.1, 0.15) is 73.0 Å². The van der Waals surface area contributed by atoms with E-state index in [-0.39, 0.29) is 64.0 Å². The number of ether oxygens (including phenoxy) is 4. The molecule has 0 unspecified atom stereocenters. The summed E-state index contributed by atoms with van der Waals surface area (Å²) in [6.45, 7) is 10.3. The molecule has 0 bridgehead atoms. The number of hydrogen-bond donors (Lipinski definition) is 2. The van der Waals surface area contributed by atoms with E-state index in [1.807, 2.05) is 0 Å². The molecular formula is C28H32N6O9. The lowest BCUT2D eigenvalue weighted by Crippen LogP contribution is -2.20. The molecule has 0 atom stereocenters. The van der Waals surface area contributed by atoms with E-state index in [4.69, 9.17) is 18.9 Å². The predicted octanol–water partition coefficient (Wildman–Crippen LogP) is 4.43. The van der Waals surface area contributed by atoms with Crippen LogP contribution in [0.15, 0.2) is 36.4 Å². The fourth-order valence-electron chi connectivity index (χ4n) is 3.42. The van der Waals surface area contributed by atoms with Gasteiger partial charge in [0.05, 0.1) is 30.3 Å². The van der Waals surface area contributed by atoms with Gasteiger partial charge in [-0.2, -0.15) is 0 Å². The SMILES string of the molecule is COC(=O)c1ccc(NC(=O)c2ccc(NC(=O)c3ccc([N+](=O)[O-])c(OC(C)C)n3)c(OC(C)C)n2)c(OC(C)C)n1. The molecule has 0 spiro atoms. The van der Waals surface area contributed by atoms with Crippen molar-refractivity contribution in [3.63, 3.8) is 0 Å². The highest BCUT2D eigenvalue weighted by Gasteiger charge is 2.23. The molecule has 3 rings (SSSR count). The number of nitro groups is 1. The van der Waals surface area contributed by atoms with Crippen molar-refractivity contribution in [3.8, 4) is 17.6 Å². The maximum absolute atomic E-state index is 13.2. The topological polar surface area (TPSA) is 194 Å². The highest BCUT2D eigenvalue weighted by atomic mass is 16.6. The molecule has 15 nitrogen and oxygen atoms in total. The van der Waals surface area contributed by atoms with Gasteiger partial charge in [-0.1, -0.05) is 0 Å². The second-order valence-electron chi connectivity index (χ2n) is 9.78. The van der Waals surface area contributed by atoms with Gasteiger partial charge in [-0.25, -0.2) is 19.7 Å². The van der Waals surface area contributed by atoms with E-state index in [9.17, 15) is 24.5 Å². The minimum absolute atomic E-state index is 0.00482. The Balaban J connectivity index is 1.90. The molecule has 3 aromatic heterocycles. The number of carbonyl (C=O) groups is 3. The predicted molar refractivity (Wildman–Crippen MR) is 154 cm³/mol. The summed E-state index contributed by atoms with van der Waals surface area (Å²) >= 11 is 0. The summed E-state index contributed by atoms with van der Waals surface area (Å²) in [5.41, 5.74) is -0.313. The molecule has 2 amide bonds. The van der Waals surface area contributed by atoms with E-state index in [1.165, 1.54) is 37.4 Å². The van der Waals surface area contributed by atoms with Crippen LogP contribution in [0, 0.1) is 10.1 Å². The van der Waals surface area contributed by atoms with Gasteiger partial charge in [0.25, 0.3) is 17.7 Å². The van der Waals surface area contributed by atoms with Crippen molar-refractivity contribution in [2.24, 2.45) is 0 Å². The Morgan fingerprint density at radius 3 is 1.51 bits per heavy atom. The van der Waals surface area contributed by atoms with Crippen LogP contribution >= 0.6 is 0 Å². The molecule has 3 aromatic rings. The summed E-state index contributed by atoms with van der Waals surface area (Å²) in [7, 11) is 1.22. The third-order valence-corrected chi connectivity index (χ3v) is 5.16. The monoisotopic (exact) mass is 596 g/mol. The fourth-order valence-corrected chi connectivity index (χ4v) is 3.42. The molecule has 0 saturated carbocycles. The summed E-state index contributed by atoms with van der Waals surface area (Å²) in [5, 5.41) is 16.6. The van der Waals surface area contributed by atoms with Crippen molar-refractivity contribution in [1.82, 2.24) is 15.0 Å². The second-order valence-corrected chi connectivity index (χ2v) is 9.78. The van der Waals surface area contributed by atoms with Crippen molar-refractivity contribution < 1.29 is 38.3 Å². The first kappa shape index (κ1) is 32.2. The van der Waals surface area contributed by atoms with Gasteiger partial charge in [-0.3, -0.25) is 19.7 Å². The van der Waals surface area contributed by atoms with Gasteiger partial charge >= 0.3 is 11.7 Å². The molecule has 0 aromatic carbocycles. The molecule has 2 N–H and O–H groups in total. The summed E-state index contributed by atoms with van der Waals surface area (Å²) < 4.78 is 21.5. The van der Waals surface area contributed by atoms with Crippen LogP contribution in [0.5, 0.6) is 17.6 Å². The Morgan fingerprint density at radius 2 is 1.07 bits per heavy atom. The largest absolute Gasteiger partial charge is 0.473 e. The number of rotatable bonds is 12. The van der Waals surface area contributed by atoms with Gasteiger partial charge in [0.2, 0.25) is 11.8 Å². The Bertz CT molecular complexity index is 1520. The zero-order valence-electron chi connectivity index (χ0n) is 24.7. The number of amides is 2. The molecule has 0 saturated heterocycles. The van der Waals surface area contributed by atoms with E-state index >= 15 is 0 Å². The minimum Gasteiger partial charge on any atom is -0.473 e. The average molecular weight is 597 g/mol. The first-order chi connectivity index (χ1) is 20.3. The molecule has 0 aliphatic rings. The molecule has 0 radical (unpaired) electrons. The van der Waals surface area contributed by atoms with Gasteiger partial charge in [-0.15, -0.1) is 0 Å². The Hall–Kier alpha value is -5.34. The van der Waals surface area contributed by atoms with Crippen LogP contribution in [0.25, 0.3) is 0 Å². The van der Waals surface area contributed by atoms with E-state index in [0.29, 0.717) is 0 Å². The van der Waals surface area contributed by atoms with Crippen molar-refractivity contribution in [2.45, 2.75) is 59.9 Å². The van der Waals surface area contributed by atoms with E-state index in [2.05, 4.69) is 25.6 Å². The first-order valence-corrected chi connectivity index (χ1v) is 13.2. The number of pyridine rings is 3. The molecule has 0 fully saturated rings. The van der Waals surface area contributed by atoms with Crippen molar-refractivity contribution >= 4 is 34.8 Å². The molecule has 0 aliphatic heterocycles. The summed E-state index contributed by atoms with van der Waals surface area (Å²) in [6, 6.07) is 7.91. The molecule has 43 heavy (non-hydrogen) atoms. The number of nitrogens with zero attached hydrogens (tertiary/aromatic N) is 4. The van der Waals surface area contributed by atoms with Gasteiger partial charge in [0.15, 0.2) is 5.69 Å². The maximum Gasteiger partial charge on any atom is 0.356 e. The number of aromatic nitrogens is 3.